The highest BCUT2D eigenvalue weighted by atomic mass is 32.2. The number of hydrogen-bond donors (Lipinski definition) is 2. The van der Waals surface area contributed by atoms with Gasteiger partial charge in [0.05, 0.1) is 4.90 Å². The summed E-state index contributed by atoms with van der Waals surface area (Å²) >= 11 is 0. The number of aliphatic carboxylic acids is 1. The van der Waals surface area contributed by atoms with Gasteiger partial charge in [0.2, 0.25) is 15.9 Å². The van der Waals surface area contributed by atoms with Gasteiger partial charge in [0.15, 0.2) is 0 Å². The number of nitrogens with zero attached hydrogens (tertiary/aromatic N) is 1. The zero-order valence-corrected chi connectivity index (χ0v) is 17.3. The van der Waals surface area contributed by atoms with E-state index in [1.54, 1.807) is 52.0 Å². The number of carboxylic acids is 1. The van der Waals surface area contributed by atoms with Crippen LogP contribution in [0.4, 0.5) is 0 Å². The molecule has 8 heteroatoms. The molecule has 0 spiro atoms. The molecule has 7 nitrogen and oxygen atoms in total. The van der Waals surface area contributed by atoms with Crippen molar-refractivity contribution in [1.82, 2.24) is 9.62 Å². The highest BCUT2D eigenvalue weighted by Gasteiger charge is 2.22. The van der Waals surface area contributed by atoms with E-state index in [1.165, 1.54) is 4.31 Å². The number of carbonyl (C=O) groups excluding carboxylic acids is 1. The summed E-state index contributed by atoms with van der Waals surface area (Å²) < 4.78 is 26.3. The monoisotopic (exact) mass is 398 g/mol. The van der Waals surface area contributed by atoms with Gasteiger partial charge in [0, 0.05) is 31.5 Å². The van der Waals surface area contributed by atoms with Crippen LogP contribution in [0.5, 0.6) is 0 Å². The van der Waals surface area contributed by atoms with E-state index in [4.69, 9.17) is 5.11 Å². The van der Waals surface area contributed by atoms with Crippen molar-refractivity contribution in [2.45, 2.75) is 63.8 Å². The normalized spacial score (nSPS) is 12.2. The van der Waals surface area contributed by atoms with Gasteiger partial charge in [-0.05, 0) is 44.4 Å². The first-order valence-electron chi connectivity index (χ1n) is 9.13. The zero-order valence-electron chi connectivity index (χ0n) is 16.5. The van der Waals surface area contributed by atoms with Crippen LogP contribution in [0.2, 0.25) is 0 Å². The SMILES string of the molecule is CCN(CC)S(=O)(=O)c1ccc(CCC(=O)NC(C)(C)CCC(=O)O)cc1. The number of benzene rings is 1. The van der Waals surface area contributed by atoms with Crippen molar-refractivity contribution in [3.8, 4) is 0 Å². The first-order chi connectivity index (χ1) is 12.5. The van der Waals surface area contributed by atoms with E-state index in [9.17, 15) is 18.0 Å². The van der Waals surface area contributed by atoms with E-state index in [-0.39, 0.29) is 23.6 Å². The lowest BCUT2D eigenvalue weighted by Gasteiger charge is -2.25. The molecule has 0 atom stereocenters. The van der Waals surface area contributed by atoms with Crippen LogP contribution in [0, 0.1) is 0 Å². The van der Waals surface area contributed by atoms with Gasteiger partial charge in [-0.25, -0.2) is 8.42 Å². The van der Waals surface area contributed by atoms with Crippen molar-refractivity contribution < 1.29 is 23.1 Å². The largest absolute Gasteiger partial charge is 0.481 e. The molecule has 1 aromatic carbocycles. The van der Waals surface area contributed by atoms with Crippen LogP contribution in [-0.4, -0.2) is 48.3 Å². The zero-order chi connectivity index (χ0) is 20.7. The molecule has 0 saturated carbocycles. The Balaban J connectivity index is 2.64. The van der Waals surface area contributed by atoms with Crippen molar-refractivity contribution in [3.63, 3.8) is 0 Å². The molecule has 0 aliphatic heterocycles. The maximum Gasteiger partial charge on any atom is 0.303 e. The topological polar surface area (TPSA) is 104 Å². The Morgan fingerprint density at radius 3 is 2.11 bits per heavy atom. The summed E-state index contributed by atoms with van der Waals surface area (Å²) in [6, 6.07) is 6.58. The maximum absolute atomic E-state index is 12.5. The summed E-state index contributed by atoms with van der Waals surface area (Å²) in [5.41, 5.74) is 0.281. The minimum absolute atomic E-state index is 0.00421. The van der Waals surface area contributed by atoms with Gasteiger partial charge in [-0.1, -0.05) is 26.0 Å². The predicted octanol–water partition coefficient (Wildman–Crippen LogP) is 2.41. The fourth-order valence-electron chi connectivity index (χ4n) is 2.72. The van der Waals surface area contributed by atoms with Crippen LogP contribution in [0.15, 0.2) is 29.2 Å². The Bertz CT molecular complexity index is 738. The molecular formula is C19H30N2O5S. The number of hydrogen-bond acceptors (Lipinski definition) is 4. The van der Waals surface area contributed by atoms with Gasteiger partial charge >= 0.3 is 5.97 Å². The minimum atomic E-state index is -3.48. The molecule has 0 unspecified atom stereocenters. The average molecular weight is 399 g/mol. The Kier molecular flexibility index (Phi) is 8.43. The number of nitrogens with one attached hydrogen (secondary N) is 1. The summed E-state index contributed by atoms with van der Waals surface area (Å²) in [4.78, 5) is 23.0. The lowest BCUT2D eigenvalue weighted by Crippen LogP contribution is -2.43. The first kappa shape index (κ1) is 23.1. The summed E-state index contributed by atoms with van der Waals surface area (Å²) in [5.74, 6) is -1.05. The van der Waals surface area contributed by atoms with Crippen LogP contribution in [0.3, 0.4) is 0 Å². The van der Waals surface area contributed by atoms with Gasteiger partial charge in [-0.3, -0.25) is 9.59 Å². The summed E-state index contributed by atoms with van der Waals surface area (Å²) in [6.45, 7) is 8.01. The van der Waals surface area contributed by atoms with Crippen LogP contribution in [-0.2, 0) is 26.0 Å². The lowest BCUT2D eigenvalue weighted by atomic mass is 9.98. The fraction of sp³-hybridized carbons (Fsp3) is 0.579. The Hall–Kier alpha value is -1.93. The third kappa shape index (κ3) is 7.30. The fourth-order valence-corrected chi connectivity index (χ4v) is 4.18. The highest BCUT2D eigenvalue weighted by molar-refractivity contribution is 7.89. The summed E-state index contributed by atoms with van der Waals surface area (Å²) in [6.07, 6.45) is 1.08. The molecule has 0 saturated heterocycles. The van der Waals surface area contributed by atoms with Crippen LogP contribution in [0.25, 0.3) is 0 Å². The Labute approximate surface area is 161 Å². The quantitative estimate of drug-likeness (QED) is 0.596. The van der Waals surface area contributed by atoms with Crippen molar-refractivity contribution in [1.29, 1.82) is 0 Å². The second-order valence-corrected chi connectivity index (χ2v) is 9.00. The van der Waals surface area contributed by atoms with Crippen molar-refractivity contribution >= 4 is 21.9 Å². The molecule has 0 aliphatic carbocycles. The second kappa shape index (κ2) is 9.85. The number of aryl methyl sites for hydroxylation is 1. The van der Waals surface area contributed by atoms with Crippen LogP contribution < -0.4 is 5.32 Å². The first-order valence-corrected chi connectivity index (χ1v) is 10.6. The molecule has 1 aromatic rings. The van der Waals surface area contributed by atoms with Crippen molar-refractivity contribution in [2.24, 2.45) is 0 Å². The molecule has 0 aromatic heterocycles. The van der Waals surface area contributed by atoms with Crippen LogP contribution >= 0.6 is 0 Å². The van der Waals surface area contributed by atoms with E-state index < -0.39 is 21.5 Å². The molecule has 0 heterocycles. The van der Waals surface area contributed by atoms with E-state index in [0.29, 0.717) is 25.9 Å². The van der Waals surface area contributed by atoms with Gasteiger partial charge in [-0.2, -0.15) is 4.31 Å². The van der Waals surface area contributed by atoms with E-state index >= 15 is 0 Å². The Morgan fingerprint density at radius 1 is 1.07 bits per heavy atom. The highest BCUT2D eigenvalue weighted by Crippen LogP contribution is 2.17. The van der Waals surface area contributed by atoms with Crippen molar-refractivity contribution in [3.05, 3.63) is 29.8 Å². The number of rotatable bonds is 11. The molecule has 152 valence electrons. The maximum atomic E-state index is 12.5. The Morgan fingerprint density at radius 2 is 1.63 bits per heavy atom. The van der Waals surface area contributed by atoms with E-state index in [1.807, 2.05) is 0 Å². The molecule has 27 heavy (non-hydrogen) atoms. The average Bonchev–Trinajstić information content (AvgIpc) is 2.59. The number of sulfonamides is 1. The number of carboxylic acid groups (broad SMARTS) is 1. The molecule has 0 fully saturated rings. The molecule has 1 amide bonds. The van der Waals surface area contributed by atoms with Gasteiger partial charge in [0.1, 0.15) is 0 Å². The smallest absolute Gasteiger partial charge is 0.303 e. The lowest BCUT2D eigenvalue weighted by molar-refractivity contribution is -0.137. The molecule has 2 N–H and O–H groups in total. The molecule has 0 bridgehead atoms. The second-order valence-electron chi connectivity index (χ2n) is 7.06. The molecule has 0 aliphatic rings. The van der Waals surface area contributed by atoms with Crippen LogP contribution in [0.1, 0.15) is 52.5 Å². The van der Waals surface area contributed by atoms with Gasteiger partial charge in [0.25, 0.3) is 0 Å². The molecule has 0 radical (unpaired) electrons. The standard InChI is InChI=1S/C19H30N2O5S/c1-5-21(6-2)27(25,26)16-10-7-15(8-11-16)9-12-17(22)20-19(3,4)14-13-18(23)24/h7-8,10-11H,5-6,9,12-14H2,1-4H3,(H,20,22)(H,23,24). The van der Waals surface area contributed by atoms with E-state index in [2.05, 4.69) is 5.32 Å². The summed E-state index contributed by atoms with van der Waals surface area (Å²) in [7, 11) is -3.48. The molecule has 1 rings (SSSR count). The van der Waals surface area contributed by atoms with Gasteiger partial charge < -0.3 is 10.4 Å². The number of carbonyl (C=O) groups is 2. The van der Waals surface area contributed by atoms with E-state index in [0.717, 1.165) is 5.56 Å². The summed E-state index contributed by atoms with van der Waals surface area (Å²) in [5, 5.41) is 11.6. The molecular weight excluding hydrogens is 368 g/mol. The number of amides is 1. The van der Waals surface area contributed by atoms with Gasteiger partial charge in [-0.15, -0.1) is 0 Å². The minimum Gasteiger partial charge on any atom is -0.481 e. The third-order valence-electron chi connectivity index (χ3n) is 4.35. The predicted molar refractivity (Wildman–Crippen MR) is 104 cm³/mol. The third-order valence-corrected chi connectivity index (χ3v) is 6.41. The van der Waals surface area contributed by atoms with Crippen molar-refractivity contribution in [2.75, 3.05) is 13.1 Å².